The molecule has 0 unspecified atom stereocenters. The first-order valence-corrected chi connectivity index (χ1v) is 9.49. The van der Waals surface area contributed by atoms with Gasteiger partial charge in [0.2, 0.25) is 0 Å². The van der Waals surface area contributed by atoms with Crippen LogP contribution in [-0.4, -0.2) is 38.0 Å². The van der Waals surface area contributed by atoms with Crippen molar-refractivity contribution in [2.75, 3.05) is 14.2 Å². The first-order valence-electron chi connectivity index (χ1n) is 9.49. The lowest BCUT2D eigenvalue weighted by Gasteiger charge is -2.43. The summed E-state index contributed by atoms with van der Waals surface area (Å²) in [6, 6.07) is 0. The Balaban J connectivity index is 2.43. The largest absolute Gasteiger partial charge is 0.389 e. The van der Waals surface area contributed by atoms with E-state index in [4.69, 9.17) is 14.2 Å². The van der Waals surface area contributed by atoms with E-state index in [1.165, 1.54) is 5.57 Å². The van der Waals surface area contributed by atoms with Crippen molar-refractivity contribution < 1.29 is 19.3 Å². The quantitative estimate of drug-likeness (QED) is 0.754. The summed E-state index contributed by atoms with van der Waals surface area (Å²) in [6.07, 6.45) is 9.35. The van der Waals surface area contributed by atoms with Crippen LogP contribution in [0.5, 0.6) is 0 Å². The number of aliphatic hydroxyl groups excluding tert-OH is 1. The number of methoxy groups -OCH3 is 2. The van der Waals surface area contributed by atoms with E-state index < -0.39 is 18.7 Å². The number of aliphatic hydroxyl groups is 1. The summed E-state index contributed by atoms with van der Waals surface area (Å²) in [6.45, 7) is 10.7. The van der Waals surface area contributed by atoms with Crippen molar-refractivity contribution in [3.8, 4) is 0 Å². The van der Waals surface area contributed by atoms with Crippen LogP contribution >= 0.6 is 0 Å². The number of hydrogen-bond donors (Lipinski definition) is 1. The molecule has 0 aromatic carbocycles. The molecule has 1 N–H and O–H groups in total. The van der Waals surface area contributed by atoms with Gasteiger partial charge < -0.3 is 19.3 Å². The zero-order chi connectivity index (χ0) is 19.3. The minimum absolute atomic E-state index is 0.000880. The topological polar surface area (TPSA) is 47.9 Å². The van der Waals surface area contributed by atoms with E-state index in [1.54, 1.807) is 14.2 Å². The Hall–Kier alpha value is -1.20. The highest BCUT2D eigenvalue weighted by Gasteiger charge is 2.43. The number of fused-ring (bicyclic) bond motifs is 1. The molecular weight excluding hydrogens is 328 g/mol. The van der Waals surface area contributed by atoms with Gasteiger partial charge in [0.25, 0.3) is 0 Å². The third-order valence-corrected chi connectivity index (χ3v) is 5.19. The van der Waals surface area contributed by atoms with Crippen LogP contribution < -0.4 is 0 Å². The van der Waals surface area contributed by atoms with Crippen LogP contribution in [-0.2, 0) is 14.2 Å². The van der Waals surface area contributed by atoms with Gasteiger partial charge in [-0.25, -0.2) is 0 Å². The molecule has 1 aliphatic carbocycles. The summed E-state index contributed by atoms with van der Waals surface area (Å²) in [5.74, 6) is 0.686. The van der Waals surface area contributed by atoms with Crippen LogP contribution in [0.4, 0.5) is 0 Å². The zero-order valence-corrected chi connectivity index (χ0v) is 16.8. The van der Waals surface area contributed by atoms with Gasteiger partial charge >= 0.3 is 0 Å². The van der Waals surface area contributed by atoms with Gasteiger partial charge in [0.15, 0.2) is 12.6 Å². The van der Waals surface area contributed by atoms with Gasteiger partial charge in [-0.2, -0.15) is 0 Å². The Bertz CT molecular complexity index is 573. The summed E-state index contributed by atoms with van der Waals surface area (Å²) in [4.78, 5) is 0. The van der Waals surface area contributed by atoms with Crippen LogP contribution in [0.15, 0.2) is 47.6 Å². The summed E-state index contributed by atoms with van der Waals surface area (Å²) in [7, 11) is 3.32. The zero-order valence-electron chi connectivity index (χ0n) is 16.8. The van der Waals surface area contributed by atoms with Crippen molar-refractivity contribution in [1.82, 2.24) is 0 Å². The van der Waals surface area contributed by atoms with Gasteiger partial charge in [-0.3, -0.25) is 0 Å². The standard InChI is InChI=1S/C22H34O4/c1-14(2)8-7-9-19-18-11-10-15(3)12-17(23)13-16(4)20(18)22(25-6)26-21(19)24-5/h7-9,12,14,17-18,20-23H,4,10-11,13H2,1-3,5-6H3/b8-7+,15-12+,19-9+/t17-,18-,20+,21+,22+/m1/s1. The fourth-order valence-electron chi connectivity index (χ4n) is 3.92. The van der Waals surface area contributed by atoms with Gasteiger partial charge in [-0.05, 0) is 43.6 Å². The molecule has 0 spiro atoms. The first-order chi connectivity index (χ1) is 12.4. The smallest absolute Gasteiger partial charge is 0.183 e. The van der Waals surface area contributed by atoms with Crippen molar-refractivity contribution in [2.24, 2.45) is 17.8 Å². The highest BCUT2D eigenvalue weighted by molar-refractivity contribution is 5.26. The summed E-state index contributed by atoms with van der Waals surface area (Å²) >= 11 is 0. The molecule has 2 rings (SSSR count). The number of hydrogen-bond acceptors (Lipinski definition) is 4. The van der Waals surface area contributed by atoms with E-state index in [9.17, 15) is 5.11 Å². The van der Waals surface area contributed by atoms with Crippen LogP contribution in [0.3, 0.4) is 0 Å². The van der Waals surface area contributed by atoms with E-state index in [0.29, 0.717) is 12.3 Å². The molecule has 1 aliphatic heterocycles. The maximum Gasteiger partial charge on any atom is 0.183 e. The summed E-state index contributed by atoms with van der Waals surface area (Å²) < 4.78 is 17.4. The highest BCUT2D eigenvalue weighted by Crippen LogP contribution is 2.44. The third kappa shape index (κ3) is 5.17. The SMILES string of the molecule is C=C1C[C@H](O)/C=C(\C)CC[C@@H]2/C(=C\C=C\C(C)C)[C@@H](OC)O[C@H](OC)[C@@H]12. The van der Waals surface area contributed by atoms with Gasteiger partial charge in [-0.1, -0.05) is 55.9 Å². The van der Waals surface area contributed by atoms with Crippen molar-refractivity contribution in [3.63, 3.8) is 0 Å². The average Bonchev–Trinajstić information content (AvgIpc) is 2.63. The lowest BCUT2D eigenvalue weighted by molar-refractivity contribution is -0.256. The van der Waals surface area contributed by atoms with Crippen molar-refractivity contribution in [2.45, 2.75) is 58.7 Å². The van der Waals surface area contributed by atoms with Crippen LogP contribution in [0.1, 0.15) is 40.0 Å². The van der Waals surface area contributed by atoms with Gasteiger partial charge in [0.05, 0.1) is 6.10 Å². The summed E-state index contributed by atoms with van der Waals surface area (Å²) in [5.41, 5.74) is 3.29. The molecule has 0 radical (unpaired) electrons. The number of allylic oxidation sites excluding steroid dienone is 4. The average molecular weight is 363 g/mol. The van der Waals surface area contributed by atoms with Gasteiger partial charge in [-0.15, -0.1) is 0 Å². The Kier molecular flexibility index (Phi) is 7.84. The molecule has 4 nitrogen and oxygen atoms in total. The number of ether oxygens (including phenoxy) is 3. The fraction of sp³-hybridized carbons (Fsp3) is 0.636. The molecule has 26 heavy (non-hydrogen) atoms. The molecule has 5 atom stereocenters. The van der Waals surface area contributed by atoms with Crippen LogP contribution in [0, 0.1) is 17.8 Å². The third-order valence-electron chi connectivity index (χ3n) is 5.19. The Labute approximate surface area is 158 Å². The minimum atomic E-state index is -0.507. The predicted molar refractivity (Wildman–Crippen MR) is 104 cm³/mol. The Morgan fingerprint density at radius 1 is 1.31 bits per heavy atom. The van der Waals surface area contributed by atoms with E-state index >= 15 is 0 Å². The molecule has 4 heteroatoms. The number of rotatable bonds is 4. The molecule has 2 aliphatic rings. The maximum absolute atomic E-state index is 10.3. The van der Waals surface area contributed by atoms with E-state index in [0.717, 1.165) is 24.0 Å². The van der Waals surface area contributed by atoms with Crippen molar-refractivity contribution in [1.29, 1.82) is 0 Å². The van der Waals surface area contributed by atoms with Gasteiger partial charge in [0.1, 0.15) is 0 Å². The molecule has 0 aromatic rings. The molecule has 0 bridgehead atoms. The minimum Gasteiger partial charge on any atom is -0.389 e. The van der Waals surface area contributed by atoms with E-state index in [-0.39, 0.29) is 11.8 Å². The first kappa shape index (κ1) is 21.1. The molecule has 0 saturated carbocycles. The predicted octanol–water partition coefficient (Wildman–Crippen LogP) is 4.38. The van der Waals surface area contributed by atoms with Crippen molar-refractivity contribution in [3.05, 3.63) is 47.6 Å². The fourth-order valence-corrected chi connectivity index (χ4v) is 3.92. The lowest BCUT2D eigenvalue weighted by Crippen LogP contribution is -2.45. The summed E-state index contributed by atoms with van der Waals surface area (Å²) in [5, 5.41) is 10.3. The molecule has 1 fully saturated rings. The van der Waals surface area contributed by atoms with Crippen molar-refractivity contribution >= 4 is 0 Å². The second-order valence-corrected chi connectivity index (χ2v) is 7.72. The van der Waals surface area contributed by atoms with Crippen LogP contribution in [0.2, 0.25) is 0 Å². The molecule has 1 heterocycles. The highest BCUT2D eigenvalue weighted by atomic mass is 16.8. The lowest BCUT2D eigenvalue weighted by atomic mass is 9.75. The molecule has 1 saturated heterocycles. The normalized spacial score (nSPS) is 37.2. The second-order valence-electron chi connectivity index (χ2n) is 7.72. The van der Waals surface area contributed by atoms with Crippen LogP contribution in [0.25, 0.3) is 0 Å². The van der Waals surface area contributed by atoms with E-state index in [2.05, 4.69) is 45.6 Å². The Morgan fingerprint density at radius 3 is 2.65 bits per heavy atom. The molecular formula is C22H34O4. The second kappa shape index (κ2) is 9.65. The maximum atomic E-state index is 10.3. The Morgan fingerprint density at radius 2 is 2.04 bits per heavy atom. The van der Waals surface area contributed by atoms with Gasteiger partial charge in [0, 0.05) is 20.1 Å². The molecule has 0 aromatic heterocycles. The molecule has 0 amide bonds. The monoisotopic (exact) mass is 362 g/mol. The molecule has 146 valence electrons. The van der Waals surface area contributed by atoms with E-state index in [1.807, 2.05) is 6.08 Å².